The third kappa shape index (κ3) is 5.99. The fourth-order valence-electron chi connectivity index (χ4n) is 2.32. The van der Waals surface area contributed by atoms with Crippen LogP contribution < -0.4 is 9.47 Å². The monoisotopic (exact) mass is 370 g/mol. The molecule has 0 unspecified atom stereocenters. The van der Waals surface area contributed by atoms with Crippen LogP contribution in [0, 0.1) is 13.8 Å². The molecule has 0 bridgehead atoms. The second kappa shape index (κ2) is 9.57. The maximum atomic E-state index is 9.48. The average molecular weight is 370 g/mol. The molecular weight excluding hydrogens is 344 g/mol. The largest absolute Gasteiger partial charge is 0.508 e. The zero-order valence-corrected chi connectivity index (χ0v) is 16.2. The summed E-state index contributed by atoms with van der Waals surface area (Å²) < 4.78 is 17.2. The van der Waals surface area contributed by atoms with Gasteiger partial charge < -0.3 is 24.4 Å². The molecule has 2 N–H and O–H groups in total. The topological polar surface area (TPSA) is 68.2 Å². The molecule has 0 atom stereocenters. The highest BCUT2D eigenvalue weighted by Crippen LogP contribution is 2.26. The molecule has 0 aliphatic rings. The normalized spacial score (nSPS) is 12.0. The summed E-state index contributed by atoms with van der Waals surface area (Å²) in [5, 5.41) is 19.0. The third-order valence-corrected chi connectivity index (χ3v) is 3.90. The predicted molar refractivity (Wildman–Crippen MR) is 105 cm³/mol. The van der Waals surface area contributed by atoms with Crippen molar-refractivity contribution in [3.63, 3.8) is 0 Å². The zero-order chi connectivity index (χ0) is 19.8. The summed E-state index contributed by atoms with van der Waals surface area (Å²) in [5.41, 5.74) is 1.68. The van der Waals surface area contributed by atoms with Crippen LogP contribution in [0.15, 0.2) is 60.4 Å². The second-order valence-corrected chi connectivity index (χ2v) is 6.12. The molecule has 0 radical (unpaired) electrons. The van der Waals surface area contributed by atoms with E-state index < -0.39 is 0 Å². The van der Waals surface area contributed by atoms with Gasteiger partial charge in [-0.05, 0) is 61.4 Å². The van der Waals surface area contributed by atoms with Gasteiger partial charge in [0.05, 0.1) is 0 Å². The van der Waals surface area contributed by atoms with E-state index in [2.05, 4.69) is 0 Å². The molecule has 0 aliphatic heterocycles. The number of aryl methyl sites for hydroxylation is 2. The van der Waals surface area contributed by atoms with Gasteiger partial charge in [0.2, 0.25) is 0 Å². The highest BCUT2D eigenvalue weighted by molar-refractivity contribution is 5.40. The van der Waals surface area contributed by atoms with Gasteiger partial charge in [-0.1, -0.05) is 13.8 Å². The lowest BCUT2D eigenvalue weighted by Gasteiger charge is -2.12. The van der Waals surface area contributed by atoms with Crippen LogP contribution in [0.5, 0.6) is 23.0 Å². The van der Waals surface area contributed by atoms with Gasteiger partial charge in [0.25, 0.3) is 0 Å². The van der Waals surface area contributed by atoms with E-state index in [1.807, 2.05) is 27.7 Å². The number of allylic oxidation sites excluding steroid dienone is 2. The van der Waals surface area contributed by atoms with E-state index in [9.17, 15) is 10.2 Å². The maximum Gasteiger partial charge on any atom is 0.139 e. The Hall–Kier alpha value is -3.08. The Labute approximate surface area is 160 Å². The van der Waals surface area contributed by atoms with E-state index in [1.54, 1.807) is 36.4 Å². The van der Waals surface area contributed by atoms with Crippen molar-refractivity contribution in [2.75, 3.05) is 0 Å². The summed E-state index contributed by atoms with van der Waals surface area (Å²) in [7, 11) is 0. The van der Waals surface area contributed by atoms with Crippen molar-refractivity contribution in [1.29, 1.82) is 0 Å². The van der Waals surface area contributed by atoms with E-state index in [0.717, 1.165) is 11.1 Å². The lowest BCUT2D eigenvalue weighted by molar-refractivity contribution is 0.308. The number of aromatic hydroxyl groups is 2. The van der Waals surface area contributed by atoms with Crippen molar-refractivity contribution in [1.82, 2.24) is 0 Å². The minimum atomic E-state index is 0.204. The first-order valence-corrected chi connectivity index (χ1v) is 8.91. The third-order valence-electron chi connectivity index (χ3n) is 3.90. The average Bonchev–Trinajstić information content (AvgIpc) is 2.63. The number of ether oxygens (including phenoxy) is 3. The molecule has 0 saturated carbocycles. The number of rotatable bonds is 8. The van der Waals surface area contributed by atoms with Crippen LogP contribution in [0.3, 0.4) is 0 Å². The Kier molecular flexibility index (Phi) is 7.17. The van der Waals surface area contributed by atoms with E-state index in [-0.39, 0.29) is 11.5 Å². The smallest absolute Gasteiger partial charge is 0.139 e. The fraction of sp³-hybridized carbons (Fsp3) is 0.273. The zero-order valence-electron chi connectivity index (χ0n) is 16.2. The van der Waals surface area contributed by atoms with Gasteiger partial charge in [0, 0.05) is 12.8 Å². The van der Waals surface area contributed by atoms with Crippen LogP contribution in [-0.4, -0.2) is 10.2 Å². The van der Waals surface area contributed by atoms with Gasteiger partial charge in [-0.15, -0.1) is 0 Å². The highest BCUT2D eigenvalue weighted by Gasteiger charge is 2.06. The fourth-order valence-corrected chi connectivity index (χ4v) is 2.32. The summed E-state index contributed by atoms with van der Waals surface area (Å²) in [6, 6.07) is 9.90. The SMILES string of the molecule is CC/C(=C/O/C=C(/CC)Oc1ccc(O)cc1C)Oc1ccc(O)cc1C. The first kappa shape index (κ1) is 20.2. The van der Waals surface area contributed by atoms with Gasteiger partial charge in [-0.3, -0.25) is 0 Å². The van der Waals surface area contributed by atoms with E-state index in [1.165, 1.54) is 12.5 Å². The Morgan fingerprint density at radius 2 is 1.19 bits per heavy atom. The van der Waals surface area contributed by atoms with Crippen LogP contribution in [0.25, 0.3) is 0 Å². The molecule has 27 heavy (non-hydrogen) atoms. The number of phenolic OH excluding ortho intramolecular Hbond substituents is 2. The molecule has 0 aromatic heterocycles. The van der Waals surface area contributed by atoms with Gasteiger partial charge in [-0.2, -0.15) is 0 Å². The van der Waals surface area contributed by atoms with Gasteiger partial charge >= 0.3 is 0 Å². The van der Waals surface area contributed by atoms with Crippen molar-refractivity contribution < 1.29 is 24.4 Å². The van der Waals surface area contributed by atoms with Gasteiger partial charge in [-0.25, -0.2) is 0 Å². The highest BCUT2D eigenvalue weighted by atomic mass is 16.5. The number of hydrogen-bond donors (Lipinski definition) is 2. The van der Waals surface area contributed by atoms with E-state index in [0.29, 0.717) is 35.9 Å². The van der Waals surface area contributed by atoms with Crippen molar-refractivity contribution in [3.8, 4) is 23.0 Å². The molecule has 0 spiro atoms. The summed E-state index contributed by atoms with van der Waals surface area (Å²) in [6.45, 7) is 7.66. The lowest BCUT2D eigenvalue weighted by atomic mass is 10.2. The van der Waals surface area contributed by atoms with Crippen molar-refractivity contribution in [2.45, 2.75) is 40.5 Å². The van der Waals surface area contributed by atoms with Crippen molar-refractivity contribution in [2.24, 2.45) is 0 Å². The lowest BCUT2D eigenvalue weighted by Crippen LogP contribution is -1.98. The summed E-state index contributed by atoms with van der Waals surface area (Å²) in [5.74, 6) is 3.04. The number of hydrogen-bond acceptors (Lipinski definition) is 5. The molecule has 0 saturated heterocycles. The maximum absolute atomic E-state index is 9.48. The van der Waals surface area contributed by atoms with Crippen LogP contribution in [0.2, 0.25) is 0 Å². The molecule has 0 amide bonds. The van der Waals surface area contributed by atoms with Crippen LogP contribution in [0.1, 0.15) is 37.8 Å². The summed E-state index contributed by atoms with van der Waals surface area (Å²) >= 11 is 0. The molecular formula is C22H26O5. The molecule has 0 fully saturated rings. The Morgan fingerprint density at radius 3 is 1.52 bits per heavy atom. The first-order valence-electron chi connectivity index (χ1n) is 8.91. The van der Waals surface area contributed by atoms with Crippen molar-refractivity contribution >= 4 is 0 Å². The summed E-state index contributed by atoms with van der Waals surface area (Å²) in [4.78, 5) is 0. The minimum Gasteiger partial charge on any atom is -0.508 e. The first-order chi connectivity index (χ1) is 12.9. The van der Waals surface area contributed by atoms with Crippen LogP contribution in [0.4, 0.5) is 0 Å². The standard InChI is InChI=1S/C22H26O5/c1-5-19(26-21-9-7-17(23)11-15(21)3)13-25-14-20(6-2)27-22-10-8-18(24)12-16(22)4/h7-14,23-24H,5-6H2,1-4H3/b19-13-,20-14-. The number of phenols is 2. The Morgan fingerprint density at radius 1 is 0.778 bits per heavy atom. The van der Waals surface area contributed by atoms with Gasteiger partial charge in [0.15, 0.2) is 0 Å². The van der Waals surface area contributed by atoms with Crippen molar-refractivity contribution in [3.05, 3.63) is 71.6 Å². The molecule has 2 rings (SSSR count). The molecule has 2 aromatic carbocycles. The second-order valence-electron chi connectivity index (χ2n) is 6.12. The minimum absolute atomic E-state index is 0.204. The quantitative estimate of drug-likeness (QED) is 0.584. The van der Waals surface area contributed by atoms with Crippen LogP contribution >= 0.6 is 0 Å². The van der Waals surface area contributed by atoms with E-state index in [4.69, 9.17) is 14.2 Å². The van der Waals surface area contributed by atoms with E-state index >= 15 is 0 Å². The molecule has 0 heterocycles. The summed E-state index contributed by atoms with van der Waals surface area (Å²) in [6.07, 6.45) is 4.37. The van der Waals surface area contributed by atoms with Crippen LogP contribution in [-0.2, 0) is 4.74 Å². The Bertz CT molecular complexity index is 767. The molecule has 144 valence electrons. The number of benzene rings is 2. The van der Waals surface area contributed by atoms with Gasteiger partial charge in [0.1, 0.15) is 47.0 Å². The molecule has 2 aromatic rings. The predicted octanol–water partition coefficient (Wildman–Crippen LogP) is 5.69. The molecule has 5 heteroatoms. The molecule has 0 aliphatic carbocycles. The molecule has 5 nitrogen and oxygen atoms in total. The Balaban J connectivity index is 2.05.